The Labute approximate surface area is 165 Å². The molecule has 0 saturated carbocycles. The molecule has 3 aromatic heterocycles. The van der Waals surface area contributed by atoms with Crippen LogP contribution in [-0.2, 0) is 0 Å². The zero-order valence-corrected chi connectivity index (χ0v) is 16.4. The number of hydrogen-bond donors (Lipinski definition) is 1. The number of carbonyl (C=O) groups excluding carboxylic acids is 1. The van der Waals surface area contributed by atoms with Crippen molar-refractivity contribution in [3.8, 4) is 21.7 Å². The van der Waals surface area contributed by atoms with Crippen LogP contribution < -0.4 is 5.73 Å². The summed E-state index contributed by atoms with van der Waals surface area (Å²) in [7, 11) is 0. The fourth-order valence-electron chi connectivity index (χ4n) is 3.26. The fraction of sp³-hybridized carbons (Fsp3) is 0.0952. The van der Waals surface area contributed by atoms with Gasteiger partial charge in [0, 0.05) is 5.02 Å². The number of carbonyl (C=O) groups is 1. The van der Waals surface area contributed by atoms with Crippen molar-refractivity contribution in [1.82, 2.24) is 9.97 Å². The largest absolute Gasteiger partial charge is 0.397 e. The van der Waals surface area contributed by atoms with Crippen LogP contribution in [0.1, 0.15) is 23.0 Å². The summed E-state index contributed by atoms with van der Waals surface area (Å²) in [5.74, 6) is -0.108. The monoisotopic (exact) mass is 393 g/mol. The lowest BCUT2D eigenvalue weighted by Crippen LogP contribution is -2.07. The van der Waals surface area contributed by atoms with Crippen molar-refractivity contribution in [3.63, 3.8) is 0 Å². The Kier molecular flexibility index (Phi) is 4.42. The van der Waals surface area contributed by atoms with Gasteiger partial charge in [0.2, 0.25) is 0 Å². The first-order valence-corrected chi connectivity index (χ1v) is 9.63. The number of aromatic nitrogens is 2. The van der Waals surface area contributed by atoms with Gasteiger partial charge < -0.3 is 5.73 Å². The molecule has 0 fully saturated rings. The highest BCUT2D eigenvalue weighted by Gasteiger charge is 2.19. The summed E-state index contributed by atoms with van der Waals surface area (Å²) in [5, 5.41) is 3.35. The highest BCUT2D eigenvalue weighted by Crippen LogP contribution is 2.38. The van der Waals surface area contributed by atoms with Crippen LogP contribution in [0.5, 0.6) is 0 Å². The molecule has 134 valence electrons. The van der Waals surface area contributed by atoms with Crippen molar-refractivity contribution in [3.05, 3.63) is 64.1 Å². The van der Waals surface area contributed by atoms with E-state index in [0.29, 0.717) is 33.0 Å². The van der Waals surface area contributed by atoms with E-state index in [1.165, 1.54) is 6.92 Å². The second kappa shape index (κ2) is 6.76. The van der Waals surface area contributed by atoms with E-state index in [9.17, 15) is 4.79 Å². The first kappa shape index (κ1) is 17.6. The Balaban J connectivity index is 2.12. The van der Waals surface area contributed by atoms with Gasteiger partial charge in [-0.2, -0.15) is 0 Å². The molecule has 27 heavy (non-hydrogen) atoms. The molecule has 0 amide bonds. The topological polar surface area (TPSA) is 68.9 Å². The van der Waals surface area contributed by atoms with E-state index in [1.807, 2.05) is 47.8 Å². The van der Waals surface area contributed by atoms with Gasteiger partial charge in [0.05, 0.1) is 32.9 Å². The average molecular weight is 394 g/mol. The van der Waals surface area contributed by atoms with Gasteiger partial charge in [-0.05, 0) is 54.6 Å². The first-order valence-electron chi connectivity index (χ1n) is 8.37. The van der Waals surface area contributed by atoms with Crippen molar-refractivity contribution in [1.29, 1.82) is 0 Å². The molecule has 0 bridgehead atoms. The Hall–Kier alpha value is -2.76. The molecule has 0 spiro atoms. The number of nitrogens with two attached hydrogens (primary N) is 1. The SMILES string of the molecule is CC(=O)c1c(C)nc2nc(-c3cccs3)cc(-c3ccc(Cl)cc3)c2c1N. The lowest BCUT2D eigenvalue weighted by molar-refractivity contribution is 0.101. The maximum absolute atomic E-state index is 12.1. The van der Waals surface area contributed by atoms with E-state index >= 15 is 0 Å². The summed E-state index contributed by atoms with van der Waals surface area (Å²) in [6.07, 6.45) is 0. The van der Waals surface area contributed by atoms with Crippen LogP contribution in [0.4, 0.5) is 5.69 Å². The number of nitrogens with zero attached hydrogens (tertiary/aromatic N) is 2. The van der Waals surface area contributed by atoms with Crippen molar-refractivity contribution < 1.29 is 4.79 Å². The number of halogens is 1. The zero-order valence-electron chi connectivity index (χ0n) is 14.8. The number of hydrogen-bond acceptors (Lipinski definition) is 5. The van der Waals surface area contributed by atoms with Crippen molar-refractivity contribution in [2.45, 2.75) is 13.8 Å². The van der Waals surface area contributed by atoms with Crippen LogP contribution in [0.3, 0.4) is 0 Å². The second-order valence-electron chi connectivity index (χ2n) is 6.28. The van der Waals surface area contributed by atoms with Gasteiger partial charge in [0.25, 0.3) is 0 Å². The third-order valence-electron chi connectivity index (χ3n) is 4.46. The lowest BCUT2D eigenvalue weighted by atomic mass is 9.97. The minimum Gasteiger partial charge on any atom is -0.397 e. The van der Waals surface area contributed by atoms with E-state index in [4.69, 9.17) is 22.3 Å². The smallest absolute Gasteiger partial charge is 0.163 e. The number of rotatable bonds is 3. The van der Waals surface area contributed by atoms with Gasteiger partial charge >= 0.3 is 0 Å². The zero-order chi connectivity index (χ0) is 19.1. The number of pyridine rings is 2. The maximum Gasteiger partial charge on any atom is 0.163 e. The van der Waals surface area contributed by atoms with E-state index in [1.54, 1.807) is 18.3 Å². The van der Waals surface area contributed by atoms with Gasteiger partial charge in [-0.25, -0.2) is 9.97 Å². The van der Waals surface area contributed by atoms with E-state index < -0.39 is 0 Å². The van der Waals surface area contributed by atoms with E-state index in [2.05, 4.69) is 4.98 Å². The molecule has 0 atom stereocenters. The van der Waals surface area contributed by atoms with Crippen LogP contribution in [0.15, 0.2) is 47.8 Å². The molecule has 0 aliphatic heterocycles. The molecule has 0 aliphatic carbocycles. The number of thiophene rings is 1. The van der Waals surface area contributed by atoms with Crippen LogP contribution in [-0.4, -0.2) is 15.8 Å². The summed E-state index contributed by atoms with van der Waals surface area (Å²) >= 11 is 7.67. The quantitative estimate of drug-likeness (QED) is 0.448. The molecule has 0 radical (unpaired) electrons. The number of ketones is 1. The number of fused-ring (bicyclic) bond motifs is 1. The molecule has 1 aromatic carbocycles. The Morgan fingerprint density at radius 2 is 1.89 bits per heavy atom. The van der Waals surface area contributed by atoms with Crippen LogP contribution in [0.2, 0.25) is 5.02 Å². The van der Waals surface area contributed by atoms with Gasteiger partial charge in [-0.3, -0.25) is 4.79 Å². The number of benzene rings is 1. The number of nitrogen functional groups attached to an aromatic ring is 1. The van der Waals surface area contributed by atoms with E-state index in [-0.39, 0.29) is 5.78 Å². The summed E-state index contributed by atoms with van der Waals surface area (Å²) in [4.78, 5) is 22.5. The van der Waals surface area contributed by atoms with Gasteiger partial charge in [0.1, 0.15) is 0 Å². The van der Waals surface area contributed by atoms with E-state index in [0.717, 1.165) is 21.7 Å². The number of aryl methyl sites for hydroxylation is 1. The Bertz CT molecular complexity index is 1170. The molecular formula is C21H16ClN3OS. The molecule has 6 heteroatoms. The number of anilines is 1. The average Bonchev–Trinajstić information content (AvgIpc) is 3.15. The molecule has 2 N–H and O–H groups in total. The highest BCUT2D eigenvalue weighted by atomic mass is 35.5. The third-order valence-corrected chi connectivity index (χ3v) is 5.60. The fourth-order valence-corrected chi connectivity index (χ4v) is 4.08. The van der Waals surface area contributed by atoms with Gasteiger partial charge in [-0.1, -0.05) is 29.8 Å². The molecule has 3 heterocycles. The maximum atomic E-state index is 12.1. The molecule has 0 saturated heterocycles. The standard InChI is InChI=1S/C21H16ClN3OS/c1-11-18(12(2)26)20(23)19-15(13-5-7-14(22)8-6-13)10-16(25-21(19)24-11)17-4-3-9-27-17/h3-10H,1-2H3,(H2,23,24,25). The Morgan fingerprint density at radius 1 is 1.15 bits per heavy atom. The van der Waals surface area contributed by atoms with Gasteiger partial charge in [-0.15, -0.1) is 11.3 Å². The van der Waals surface area contributed by atoms with Crippen LogP contribution in [0, 0.1) is 6.92 Å². The molecule has 4 nitrogen and oxygen atoms in total. The summed E-state index contributed by atoms with van der Waals surface area (Å²) in [6, 6.07) is 13.5. The molecular weight excluding hydrogens is 378 g/mol. The van der Waals surface area contributed by atoms with Crippen LogP contribution in [0.25, 0.3) is 32.7 Å². The predicted molar refractivity (Wildman–Crippen MR) is 112 cm³/mol. The molecule has 4 rings (SSSR count). The molecule has 0 unspecified atom stereocenters. The number of Topliss-reactive ketones (excluding diaryl/α,β-unsaturated/α-hetero) is 1. The Morgan fingerprint density at radius 3 is 2.52 bits per heavy atom. The van der Waals surface area contributed by atoms with Crippen molar-refractivity contribution in [2.75, 3.05) is 5.73 Å². The summed E-state index contributed by atoms with van der Waals surface area (Å²) < 4.78 is 0. The predicted octanol–water partition coefficient (Wildman–Crippen LogP) is 5.77. The molecule has 0 aliphatic rings. The summed E-state index contributed by atoms with van der Waals surface area (Å²) in [6.45, 7) is 3.29. The minimum atomic E-state index is -0.108. The second-order valence-corrected chi connectivity index (χ2v) is 7.66. The highest BCUT2D eigenvalue weighted by molar-refractivity contribution is 7.13. The van der Waals surface area contributed by atoms with Crippen molar-refractivity contribution >= 4 is 45.4 Å². The lowest BCUT2D eigenvalue weighted by Gasteiger charge is -2.14. The first-order chi connectivity index (χ1) is 13.0. The summed E-state index contributed by atoms with van der Waals surface area (Å²) in [5.41, 5.74) is 11.1. The van der Waals surface area contributed by atoms with Crippen molar-refractivity contribution in [2.24, 2.45) is 0 Å². The third kappa shape index (κ3) is 3.09. The van der Waals surface area contributed by atoms with Crippen LogP contribution >= 0.6 is 22.9 Å². The molecule has 4 aromatic rings. The minimum absolute atomic E-state index is 0.108. The normalized spacial score (nSPS) is 11.1. The van der Waals surface area contributed by atoms with Gasteiger partial charge in [0.15, 0.2) is 11.4 Å².